The van der Waals surface area contributed by atoms with E-state index in [-0.39, 0.29) is 5.56 Å². The monoisotopic (exact) mass is 617 g/mol. The Morgan fingerprint density at radius 2 is 1.69 bits per heavy atom. The fourth-order valence-corrected chi connectivity index (χ4v) is 4.96. The van der Waals surface area contributed by atoms with Gasteiger partial charge in [0.25, 0.3) is 5.56 Å². The van der Waals surface area contributed by atoms with Crippen LogP contribution in [0.15, 0.2) is 77.9 Å². The van der Waals surface area contributed by atoms with Crippen molar-refractivity contribution in [1.29, 1.82) is 0 Å². The lowest BCUT2D eigenvalue weighted by Gasteiger charge is -2.12. The summed E-state index contributed by atoms with van der Waals surface area (Å²) in [6.07, 6.45) is 1.62. The van der Waals surface area contributed by atoms with Gasteiger partial charge >= 0.3 is 0 Å². The van der Waals surface area contributed by atoms with Crippen molar-refractivity contribution in [3.63, 3.8) is 0 Å². The first-order valence-electron chi connectivity index (χ1n) is 9.72. The van der Waals surface area contributed by atoms with Gasteiger partial charge < -0.3 is 4.74 Å². The third-order valence-corrected chi connectivity index (χ3v) is 6.49. The van der Waals surface area contributed by atoms with Gasteiger partial charge in [0.1, 0.15) is 18.2 Å². The average Bonchev–Trinajstić information content (AvgIpc) is 2.75. The highest BCUT2D eigenvalue weighted by molar-refractivity contribution is 9.11. The molecule has 3 aromatic carbocycles. The van der Waals surface area contributed by atoms with E-state index in [0.717, 1.165) is 24.5 Å². The Bertz CT molecular complexity index is 1370. The number of nitrogens with zero attached hydrogens (tertiary/aromatic N) is 3. The van der Waals surface area contributed by atoms with Gasteiger partial charge in [0.15, 0.2) is 0 Å². The molecule has 4 rings (SSSR count). The number of ether oxygens (including phenoxy) is 1. The smallest absolute Gasteiger partial charge is 0.282 e. The van der Waals surface area contributed by atoms with Gasteiger partial charge in [0.2, 0.25) is 0 Å². The fourth-order valence-electron chi connectivity index (χ4n) is 3.15. The van der Waals surface area contributed by atoms with Crippen LogP contribution in [-0.4, -0.2) is 15.9 Å². The molecule has 4 aromatic rings. The summed E-state index contributed by atoms with van der Waals surface area (Å²) in [5.74, 6) is 1.21. The molecule has 162 valence electrons. The van der Waals surface area contributed by atoms with Crippen LogP contribution in [0.3, 0.4) is 0 Å². The number of fused-ring (bicyclic) bond motifs is 1. The quantitative estimate of drug-likeness (QED) is 0.232. The van der Waals surface area contributed by atoms with Gasteiger partial charge in [-0.25, -0.2) is 4.98 Å². The molecule has 0 atom stereocenters. The number of aromatic nitrogens is 2. The van der Waals surface area contributed by atoms with E-state index >= 15 is 0 Å². The summed E-state index contributed by atoms with van der Waals surface area (Å²) >= 11 is 10.6. The minimum atomic E-state index is -0.221. The topological polar surface area (TPSA) is 56.5 Å². The first-order valence-corrected chi connectivity index (χ1v) is 12.1. The highest BCUT2D eigenvalue weighted by atomic mass is 79.9. The second-order valence-electron chi connectivity index (χ2n) is 7.27. The Balaban J connectivity index is 1.60. The molecule has 5 nitrogen and oxygen atoms in total. The van der Waals surface area contributed by atoms with Gasteiger partial charge in [-0.15, -0.1) is 0 Å². The lowest BCUT2D eigenvalue weighted by molar-refractivity contribution is 0.302. The second kappa shape index (κ2) is 9.68. The Labute approximate surface area is 210 Å². The summed E-state index contributed by atoms with van der Waals surface area (Å²) in [5.41, 5.74) is 3.52. The van der Waals surface area contributed by atoms with E-state index in [1.807, 2.05) is 36.4 Å². The number of benzene rings is 3. The predicted molar refractivity (Wildman–Crippen MR) is 139 cm³/mol. The molecule has 8 heteroatoms. The summed E-state index contributed by atoms with van der Waals surface area (Å²) in [6, 6.07) is 17.4. The highest BCUT2D eigenvalue weighted by Crippen LogP contribution is 2.35. The van der Waals surface area contributed by atoms with E-state index in [1.165, 1.54) is 10.2 Å². The molecule has 0 amide bonds. The van der Waals surface area contributed by atoms with Crippen LogP contribution in [0.1, 0.15) is 22.5 Å². The van der Waals surface area contributed by atoms with Crippen LogP contribution in [0.4, 0.5) is 0 Å². The Hall–Kier alpha value is -2.29. The van der Waals surface area contributed by atoms with Crippen molar-refractivity contribution in [2.75, 3.05) is 0 Å². The van der Waals surface area contributed by atoms with E-state index in [0.29, 0.717) is 29.1 Å². The van der Waals surface area contributed by atoms with Crippen LogP contribution >= 0.6 is 47.8 Å². The molecule has 1 heterocycles. The summed E-state index contributed by atoms with van der Waals surface area (Å²) in [6.45, 7) is 4.27. The van der Waals surface area contributed by atoms with Crippen LogP contribution < -0.4 is 10.3 Å². The zero-order valence-corrected chi connectivity index (χ0v) is 22.0. The number of rotatable bonds is 5. The van der Waals surface area contributed by atoms with Gasteiger partial charge in [-0.05, 0) is 87.2 Å². The van der Waals surface area contributed by atoms with E-state index in [4.69, 9.17) is 4.74 Å². The summed E-state index contributed by atoms with van der Waals surface area (Å²) in [4.78, 5) is 17.4. The van der Waals surface area contributed by atoms with Crippen LogP contribution in [-0.2, 0) is 6.61 Å². The lowest BCUT2D eigenvalue weighted by Crippen LogP contribution is -2.20. The maximum Gasteiger partial charge on any atom is 0.282 e. The van der Waals surface area contributed by atoms with Gasteiger partial charge in [0, 0.05) is 4.47 Å². The van der Waals surface area contributed by atoms with Crippen molar-refractivity contribution < 1.29 is 4.74 Å². The van der Waals surface area contributed by atoms with Crippen LogP contribution in [0.5, 0.6) is 5.75 Å². The third kappa shape index (κ3) is 5.03. The minimum Gasteiger partial charge on any atom is -0.487 e. The summed E-state index contributed by atoms with van der Waals surface area (Å²) in [5, 5.41) is 4.89. The number of aryl methyl sites for hydroxylation is 2. The van der Waals surface area contributed by atoms with Crippen molar-refractivity contribution in [2.45, 2.75) is 20.5 Å². The molecule has 1 aromatic heterocycles. The fraction of sp³-hybridized carbons (Fsp3) is 0.125. The second-order valence-corrected chi connectivity index (χ2v) is 9.89. The first kappa shape index (κ1) is 22.9. The first-order chi connectivity index (χ1) is 15.3. The molecule has 0 bridgehead atoms. The summed E-state index contributed by atoms with van der Waals surface area (Å²) < 4.78 is 9.69. The molecule has 0 N–H and O–H groups in total. The minimum absolute atomic E-state index is 0.221. The molecular formula is C24H18Br3N3O2. The average molecular weight is 620 g/mol. The maximum absolute atomic E-state index is 12.9. The molecule has 0 saturated heterocycles. The summed E-state index contributed by atoms with van der Waals surface area (Å²) in [7, 11) is 0. The number of hydrogen-bond donors (Lipinski definition) is 0. The van der Waals surface area contributed by atoms with Gasteiger partial charge in [-0.3, -0.25) is 4.79 Å². The standard InChI is InChI=1S/C24H18Br3N3O2/c1-14-3-5-16(6-4-14)13-32-23-20(26)9-17(10-21(23)27)12-28-30-15(2)29-22-8-7-18(25)11-19(22)24(30)31/h3-12H,13H2,1-2H3. The Morgan fingerprint density at radius 3 is 2.38 bits per heavy atom. The molecule has 0 aliphatic heterocycles. The van der Waals surface area contributed by atoms with Crippen molar-refractivity contribution in [2.24, 2.45) is 5.10 Å². The molecule has 0 aliphatic rings. The number of hydrogen-bond acceptors (Lipinski definition) is 4. The normalized spacial score (nSPS) is 11.4. The van der Waals surface area contributed by atoms with Gasteiger partial charge in [-0.2, -0.15) is 9.78 Å². The van der Waals surface area contributed by atoms with Crippen molar-refractivity contribution >= 4 is 64.9 Å². The van der Waals surface area contributed by atoms with E-state index < -0.39 is 0 Å². The molecular weight excluding hydrogens is 602 g/mol. The Morgan fingerprint density at radius 1 is 1.00 bits per heavy atom. The predicted octanol–water partition coefficient (Wildman–Crippen LogP) is 6.76. The van der Waals surface area contributed by atoms with Crippen LogP contribution in [0.25, 0.3) is 10.9 Å². The SMILES string of the molecule is Cc1ccc(COc2c(Br)cc(C=Nn3c(C)nc4ccc(Br)cc4c3=O)cc2Br)cc1. The van der Waals surface area contributed by atoms with Crippen molar-refractivity contribution in [3.8, 4) is 5.75 Å². The van der Waals surface area contributed by atoms with Gasteiger partial charge in [-0.1, -0.05) is 45.8 Å². The van der Waals surface area contributed by atoms with E-state index in [9.17, 15) is 4.79 Å². The number of halogens is 3. The largest absolute Gasteiger partial charge is 0.487 e. The van der Waals surface area contributed by atoms with Gasteiger partial charge in [0.05, 0.1) is 26.1 Å². The van der Waals surface area contributed by atoms with E-state index in [1.54, 1.807) is 19.2 Å². The highest BCUT2D eigenvalue weighted by Gasteiger charge is 2.11. The lowest BCUT2D eigenvalue weighted by atomic mass is 10.2. The third-order valence-electron chi connectivity index (χ3n) is 4.82. The van der Waals surface area contributed by atoms with Crippen LogP contribution in [0.2, 0.25) is 0 Å². The zero-order chi connectivity index (χ0) is 22.8. The zero-order valence-electron chi connectivity index (χ0n) is 17.3. The van der Waals surface area contributed by atoms with Crippen molar-refractivity contribution in [1.82, 2.24) is 9.66 Å². The molecule has 0 saturated carbocycles. The molecule has 0 spiro atoms. The molecule has 0 aliphatic carbocycles. The van der Waals surface area contributed by atoms with E-state index in [2.05, 4.69) is 76.9 Å². The Kier molecular flexibility index (Phi) is 6.93. The molecule has 0 unspecified atom stereocenters. The molecule has 32 heavy (non-hydrogen) atoms. The maximum atomic E-state index is 12.9. The van der Waals surface area contributed by atoms with Crippen molar-refractivity contribution in [3.05, 3.63) is 101 Å². The molecule has 0 radical (unpaired) electrons. The molecule has 0 fully saturated rings. The van der Waals surface area contributed by atoms with Crippen LogP contribution in [0, 0.1) is 13.8 Å².